The highest BCUT2D eigenvalue weighted by molar-refractivity contribution is 5.99. The molecule has 6 nitrogen and oxygen atoms in total. The molecule has 1 atom stereocenters. The zero-order valence-electron chi connectivity index (χ0n) is 12.2. The molecule has 3 rings (SSSR count). The molecule has 0 saturated carbocycles. The molecule has 1 saturated heterocycles. The SMILES string of the molecule is CC(C)C1CCN1C(=O)c1cnn(-c2ccccn2)c1N. The minimum absolute atomic E-state index is 0.0420. The van der Waals surface area contributed by atoms with Gasteiger partial charge in [0.15, 0.2) is 5.82 Å². The maximum atomic E-state index is 12.6. The van der Waals surface area contributed by atoms with Gasteiger partial charge in [0.2, 0.25) is 0 Å². The molecule has 0 aromatic carbocycles. The van der Waals surface area contributed by atoms with Crippen LogP contribution in [-0.4, -0.2) is 38.2 Å². The van der Waals surface area contributed by atoms with Gasteiger partial charge >= 0.3 is 0 Å². The zero-order valence-corrected chi connectivity index (χ0v) is 12.2. The molecule has 2 aromatic heterocycles. The summed E-state index contributed by atoms with van der Waals surface area (Å²) in [4.78, 5) is 18.7. The molecule has 2 aromatic rings. The molecule has 0 spiro atoms. The standard InChI is InChI=1S/C15H19N5O/c1-10(2)12-6-8-19(12)15(21)11-9-18-20(14(11)16)13-5-3-4-7-17-13/h3-5,7,9-10,12H,6,8,16H2,1-2H3. The van der Waals surface area contributed by atoms with Gasteiger partial charge in [0.05, 0.1) is 6.20 Å². The van der Waals surface area contributed by atoms with Crippen LogP contribution in [0.25, 0.3) is 5.82 Å². The predicted molar refractivity (Wildman–Crippen MR) is 80.1 cm³/mol. The van der Waals surface area contributed by atoms with Gasteiger partial charge in [-0.3, -0.25) is 4.79 Å². The summed E-state index contributed by atoms with van der Waals surface area (Å²) in [6.45, 7) is 5.05. The molecule has 0 bridgehead atoms. The van der Waals surface area contributed by atoms with Crippen molar-refractivity contribution >= 4 is 11.7 Å². The molecule has 3 heterocycles. The van der Waals surface area contributed by atoms with Gasteiger partial charge in [-0.25, -0.2) is 4.98 Å². The summed E-state index contributed by atoms with van der Waals surface area (Å²) >= 11 is 0. The van der Waals surface area contributed by atoms with Crippen LogP contribution < -0.4 is 5.73 Å². The van der Waals surface area contributed by atoms with Crippen LogP contribution in [-0.2, 0) is 0 Å². The molecule has 1 unspecified atom stereocenters. The second kappa shape index (κ2) is 5.20. The smallest absolute Gasteiger partial charge is 0.259 e. The third-order valence-corrected chi connectivity index (χ3v) is 4.00. The first-order valence-electron chi connectivity index (χ1n) is 7.15. The number of rotatable bonds is 3. The predicted octanol–water partition coefficient (Wildman–Crippen LogP) is 1.72. The normalized spacial score (nSPS) is 17.9. The van der Waals surface area contributed by atoms with Crippen LogP contribution in [0.1, 0.15) is 30.6 Å². The highest BCUT2D eigenvalue weighted by Gasteiger charge is 2.36. The largest absolute Gasteiger partial charge is 0.383 e. The van der Waals surface area contributed by atoms with Crippen molar-refractivity contribution in [2.75, 3.05) is 12.3 Å². The van der Waals surface area contributed by atoms with Crippen molar-refractivity contribution in [3.63, 3.8) is 0 Å². The number of aromatic nitrogens is 3. The second-order valence-corrected chi connectivity index (χ2v) is 5.64. The van der Waals surface area contributed by atoms with Crippen molar-refractivity contribution in [1.29, 1.82) is 0 Å². The number of nitrogen functional groups attached to an aromatic ring is 1. The van der Waals surface area contributed by atoms with E-state index in [9.17, 15) is 4.79 Å². The topological polar surface area (TPSA) is 77.0 Å². The number of amides is 1. The highest BCUT2D eigenvalue weighted by atomic mass is 16.2. The van der Waals surface area contributed by atoms with E-state index in [1.807, 2.05) is 17.0 Å². The molecule has 1 aliphatic rings. The van der Waals surface area contributed by atoms with Crippen LogP contribution in [0.15, 0.2) is 30.6 Å². The summed E-state index contributed by atoms with van der Waals surface area (Å²) in [5.74, 6) is 1.36. The first kappa shape index (κ1) is 13.6. The van der Waals surface area contributed by atoms with Crippen molar-refractivity contribution in [3.8, 4) is 5.82 Å². The number of pyridine rings is 1. The minimum Gasteiger partial charge on any atom is -0.383 e. The Morgan fingerprint density at radius 1 is 1.43 bits per heavy atom. The Bertz CT molecular complexity index is 649. The summed E-state index contributed by atoms with van der Waals surface area (Å²) in [6.07, 6.45) is 4.25. The van der Waals surface area contributed by atoms with Gasteiger partial charge in [0.1, 0.15) is 11.4 Å². The van der Waals surface area contributed by atoms with E-state index in [0.29, 0.717) is 29.2 Å². The quantitative estimate of drug-likeness (QED) is 0.931. The van der Waals surface area contributed by atoms with Gasteiger partial charge in [0, 0.05) is 18.8 Å². The molecule has 1 aliphatic heterocycles. The van der Waals surface area contributed by atoms with Gasteiger partial charge in [-0.05, 0) is 24.5 Å². The van der Waals surface area contributed by atoms with Crippen LogP contribution >= 0.6 is 0 Å². The Hall–Kier alpha value is -2.37. The monoisotopic (exact) mass is 285 g/mol. The lowest BCUT2D eigenvalue weighted by molar-refractivity contribution is 0.0349. The molecule has 21 heavy (non-hydrogen) atoms. The van der Waals surface area contributed by atoms with E-state index < -0.39 is 0 Å². The van der Waals surface area contributed by atoms with Crippen molar-refractivity contribution in [2.24, 2.45) is 5.92 Å². The second-order valence-electron chi connectivity index (χ2n) is 5.64. The molecule has 6 heteroatoms. The number of nitrogens with zero attached hydrogens (tertiary/aromatic N) is 4. The van der Waals surface area contributed by atoms with Crippen molar-refractivity contribution in [1.82, 2.24) is 19.7 Å². The fraction of sp³-hybridized carbons (Fsp3) is 0.400. The molecule has 0 radical (unpaired) electrons. The van der Waals surface area contributed by atoms with Gasteiger partial charge in [-0.15, -0.1) is 0 Å². The Labute approximate surface area is 123 Å². The van der Waals surface area contributed by atoms with Crippen molar-refractivity contribution in [3.05, 3.63) is 36.2 Å². The summed E-state index contributed by atoms with van der Waals surface area (Å²) in [6, 6.07) is 5.78. The lowest BCUT2D eigenvalue weighted by atomic mass is 9.91. The number of carbonyl (C=O) groups is 1. The maximum absolute atomic E-state index is 12.6. The zero-order chi connectivity index (χ0) is 15.0. The van der Waals surface area contributed by atoms with Crippen LogP contribution in [0.4, 0.5) is 5.82 Å². The van der Waals surface area contributed by atoms with Crippen molar-refractivity contribution in [2.45, 2.75) is 26.3 Å². The van der Waals surface area contributed by atoms with E-state index >= 15 is 0 Å². The number of nitrogens with two attached hydrogens (primary N) is 1. The minimum atomic E-state index is -0.0420. The lowest BCUT2D eigenvalue weighted by Gasteiger charge is -2.43. The fourth-order valence-electron chi connectivity index (χ4n) is 2.69. The van der Waals surface area contributed by atoms with Crippen LogP contribution in [0.5, 0.6) is 0 Å². The van der Waals surface area contributed by atoms with Gasteiger partial charge in [-0.1, -0.05) is 19.9 Å². The fourth-order valence-corrected chi connectivity index (χ4v) is 2.69. The van der Waals surface area contributed by atoms with E-state index in [4.69, 9.17) is 5.73 Å². The van der Waals surface area contributed by atoms with Gasteiger partial charge < -0.3 is 10.6 Å². The first-order valence-corrected chi connectivity index (χ1v) is 7.15. The third-order valence-electron chi connectivity index (χ3n) is 4.00. The van der Waals surface area contributed by atoms with Gasteiger partial charge in [-0.2, -0.15) is 9.78 Å². The molecule has 0 aliphatic carbocycles. The van der Waals surface area contributed by atoms with E-state index in [2.05, 4.69) is 23.9 Å². The average Bonchev–Trinajstić information content (AvgIpc) is 2.79. The Kier molecular flexibility index (Phi) is 3.37. The van der Waals surface area contributed by atoms with Crippen molar-refractivity contribution < 1.29 is 4.79 Å². The summed E-state index contributed by atoms with van der Waals surface area (Å²) in [5.41, 5.74) is 6.54. The Morgan fingerprint density at radius 3 is 2.81 bits per heavy atom. The average molecular weight is 285 g/mol. The van der Waals surface area contributed by atoms with E-state index in [0.717, 1.165) is 13.0 Å². The summed E-state index contributed by atoms with van der Waals surface area (Å²) in [7, 11) is 0. The Balaban J connectivity index is 1.88. The number of hydrogen-bond donors (Lipinski definition) is 1. The third kappa shape index (κ3) is 2.26. The molecule has 1 amide bonds. The number of carbonyl (C=O) groups excluding carboxylic acids is 1. The highest BCUT2D eigenvalue weighted by Crippen LogP contribution is 2.28. The van der Waals surface area contributed by atoms with Crippen LogP contribution in [0.3, 0.4) is 0 Å². The number of likely N-dealkylation sites (tertiary alicyclic amines) is 1. The van der Waals surface area contributed by atoms with Gasteiger partial charge in [0.25, 0.3) is 5.91 Å². The molecule has 2 N–H and O–H groups in total. The summed E-state index contributed by atoms with van der Waals surface area (Å²) < 4.78 is 1.50. The molecule has 1 fully saturated rings. The number of hydrogen-bond acceptors (Lipinski definition) is 4. The lowest BCUT2D eigenvalue weighted by Crippen LogP contribution is -2.53. The van der Waals surface area contributed by atoms with E-state index in [1.165, 1.54) is 10.9 Å². The summed E-state index contributed by atoms with van der Waals surface area (Å²) in [5, 5.41) is 4.20. The van der Waals surface area contributed by atoms with E-state index in [1.54, 1.807) is 12.3 Å². The number of anilines is 1. The Morgan fingerprint density at radius 2 is 2.24 bits per heavy atom. The molecular weight excluding hydrogens is 266 g/mol. The van der Waals surface area contributed by atoms with Crippen LogP contribution in [0.2, 0.25) is 0 Å². The first-order chi connectivity index (χ1) is 10.1. The van der Waals surface area contributed by atoms with E-state index in [-0.39, 0.29) is 5.91 Å². The van der Waals surface area contributed by atoms with Crippen LogP contribution in [0, 0.1) is 5.92 Å². The molecule has 110 valence electrons. The molecular formula is C15H19N5O. The maximum Gasteiger partial charge on any atom is 0.259 e.